The Morgan fingerprint density at radius 1 is 0.359 bits per heavy atom. The van der Waals surface area contributed by atoms with E-state index < -0.39 is 5.41 Å². The van der Waals surface area contributed by atoms with Crippen LogP contribution in [-0.4, -0.2) is 0 Å². The molecule has 10 aromatic carbocycles. The summed E-state index contributed by atoms with van der Waals surface area (Å²) < 4.78 is 7.01. The first kappa shape index (κ1) is 35.6. The van der Waals surface area contributed by atoms with E-state index in [1.807, 2.05) is 0 Å². The number of hydrogen-bond donors (Lipinski definition) is 0. The Hall–Kier alpha value is -7.94. The summed E-state index contributed by atoms with van der Waals surface area (Å²) in [4.78, 5) is 2.51. The van der Waals surface area contributed by atoms with E-state index in [4.69, 9.17) is 4.42 Å². The molecule has 0 atom stereocenters. The van der Waals surface area contributed by atoms with Crippen molar-refractivity contribution in [2.24, 2.45) is 0 Å². The lowest BCUT2D eigenvalue weighted by atomic mass is 9.70. The summed E-state index contributed by atoms with van der Waals surface area (Å²) in [6.45, 7) is 4.74. The van der Waals surface area contributed by atoms with Crippen molar-refractivity contribution in [3.63, 3.8) is 0 Å². The molecule has 300 valence electrons. The van der Waals surface area contributed by atoms with E-state index in [1.54, 1.807) is 0 Å². The summed E-state index contributed by atoms with van der Waals surface area (Å²) in [5, 5.41) is 4.52. The van der Waals surface area contributed by atoms with E-state index >= 15 is 0 Å². The van der Waals surface area contributed by atoms with Crippen molar-refractivity contribution in [1.82, 2.24) is 0 Å². The molecule has 0 radical (unpaired) electrons. The quantitative estimate of drug-likeness (QED) is 0.176. The monoisotopic (exact) mass is 815 g/mol. The molecule has 14 rings (SSSR count). The van der Waals surface area contributed by atoms with Crippen LogP contribution >= 0.6 is 0 Å². The van der Waals surface area contributed by atoms with Crippen molar-refractivity contribution in [2.45, 2.75) is 24.7 Å². The van der Waals surface area contributed by atoms with Gasteiger partial charge >= 0.3 is 0 Å². The van der Waals surface area contributed by atoms with Gasteiger partial charge in [0.25, 0.3) is 0 Å². The molecule has 0 amide bonds. The maximum atomic E-state index is 7.01. The average molecular weight is 816 g/mol. The molecule has 0 N–H and O–H groups in total. The molecule has 1 heterocycles. The van der Waals surface area contributed by atoms with Gasteiger partial charge in [-0.25, -0.2) is 0 Å². The SMILES string of the molecule is CC1(C)c2ccccc2-c2ccc(N(c3ccc4c(c3)C3(c5ccccc5-c5ccccc53)c3ccccc3-4)c3cc4oc5c6ccccc6ccc5c4cc3-c3ccccc3)cc21. The van der Waals surface area contributed by atoms with Crippen molar-refractivity contribution in [2.75, 3.05) is 4.90 Å². The van der Waals surface area contributed by atoms with Gasteiger partial charge in [0.2, 0.25) is 0 Å². The molecule has 3 aliphatic carbocycles. The van der Waals surface area contributed by atoms with Gasteiger partial charge in [0.15, 0.2) is 0 Å². The first-order chi connectivity index (χ1) is 31.5. The van der Waals surface area contributed by atoms with Gasteiger partial charge in [-0.15, -0.1) is 0 Å². The van der Waals surface area contributed by atoms with E-state index in [1.165, 1.54) is 72.1 Å². The molecular formula is C62H41NO. The van der Waals surface area contributed by atoms with Crippen molar-refractivity contribution in [1.29, 1.82) is 0 Å². The van der Waals surface area contributed by atoms with Gasteiger partial charge in [-0.3, -0.25) is 0 Å². The number of fused-ring (bicyclic) bond motifs is 18. The third-order valence-electron chi connectivity index (χ3n) is 14.9. The number of anilines is 3. The molecule has 0 aliphatic heterocycles. The van der Waals surface area contributed by atoms with Crippen molar-refractivity contribution in [3.05, 3.63) is 246 Å². The van der Waals surface area contributed by atoms with Gasteiger partial charge < -0.3 is 9.32 Å². The lowest BCUT2D eigenvalue weighted by Crippen LogP contribution is -2.26. The fourth-order valence-corrected chi connectivity index (χ4v) is 12.1. The summed E-state index contributed by atoms with van der Waals surface area (Å²) in [6, 6.07) is 79.1. The van der Waals surface area contributed by atoms with E-state index in [9.17, 15) is 0 Å². The maximum absolute atomic E-state index is 7.01. The van der Waals surface area contributed by atoms with Gasteiger partial charge in [0.1, 0.15) is 11.2 Å². The second-order valence-corrected chi connectivity index (χ2v) is 18.3. The highest BCUT2D eigenvalue weighted by Gasteiger charge is 2.51. The molecule has 3 aliphatic rings. The maximum Gasteiger partial charge on any atom is 0.143 e. The van der Waals surface area contributed by atoms with Gasteiger partial charge in [0.05, 0.1) is 11.1 Å². The minimum absolute atomic E-state index is 0.180. The van der Waals surface area contributed by atoms with Crippen LogP contribution in [-0.2, 0) is 10.8 Å². The number of rotatable bonds is 4. The molecule has 2 nitrogen and oxygen atoms in total. The first-order valence-electron chi connectivity index (χ1n) is 22.4. The van der Waals surface area contributed by atoms with E-state index in [2.05, 4.69) is 231 Å². The lowest BCUT2D eigenvalue weighted by molar-refractivity contribution is 0.660. The molecule has 1 aromatic heterocycles. The summed E-state index contributed by atoms with van der Waals surface area (Å²) in [6.07, 6.45) is 0. The Labute approximate surface area is 372 Å². The zero-order chi connectivity index (χ0) is 42.3. The minimum atomic E-state index is -0.478. The zero-order valence-corrected chi connectivity index (χ0v) is 35.6. The third-order valence-corrected chi connectivity index (χ3v) is 14.9. The van der Waals surface area contributed by atoms with Gasteiger partial charge in [-0.2, -0.15) is 0 Å². The molecule has 0 fully saturated rings. The first-order valence-corrected chi connectivity index (χ1v) is 22.4. The Morgan fingerprint density at radius 3 is 1.53 bits per heavy atom. The Bertz CT molecular complexity index is 3710. The van der Waals surface area contributed by atoms with Crippen LogP contribution in [0.3, 0.4) is 0 Å². The minimum Gasteiger partial charge on any atom is -0.455 e. The number of hydrogen-bond acceptors (Lipinski definition) is 2. The van der Waals surface area contributed by atoms with Crippen LogP contribution in [0.15, 0.2) is 217 Å². The van der Waals surface area contributed by atoms with Crippen LogP contribution in [0.5, 0.6) is 0 Å². The molecule has 11 aromatic rings. The summed E-state index contributed by atoms with van der Waals surface area (Å²) in [5.41, 5.74) is 22.5. The summed E-state index contributed by atoms with van der Waals surface area (Å²) in [5.74, 6) is 0. The third kappa shape index (κ3) is 4.59. The van der Waals surface area contributed by atoms with Crippen LogP contribution in [0.4, 0.5) is 17.1 Å². The highest BCUT2D eigenvalue weighted by Crippen LogP contribution is 2.63. The fraction of sp³-hybridized carbons (Fsp3) is 0.0645. The molecule has 0 bridgehead atoms. The van der Waals surface area contributed by atoms with Gasteiger partial charge in [-0.05, 0) is 114 Å². The Morgan fingerprint density at radius 2 is 0.875 bits per heavy atom. The summed E-state index contributed by atoms with van der Waals surface area (Å²) >= 11 is 0. The topological polar surface area (TPSA) is 16.4 Å². The van der Waals surface area contributed by atoms with Gasteiger partial charge in [0, 0.05) is 44.6 Å². The van der Waals surface area contributed by atoms with Crippen LogP contribution < -0.4 is 4.90 Å². The predicted octanol–water partition coefficient (Wildman–Crippen LogP) is 16.5. The molecule has 0 saturated carbocycles. The lowest BCUT2D eigenvalue weighted by Gasteiger charge is -2.33. The van der Waals surface area contributed by atoms with Crippen molar-refractivity contribution in [3.8, 4) is 44.5 Å². The van der Waals surface area contributed by atoms with Crippen molar-refractivity contribution < 1.29 is 4.42 Å². The number of benzene rings is 10. The standard InChI is InChI=1S/C62H41NO/c1-61(2)52-24-12-8-20-43(52)47-32-29-40(34-56(47)61)63(58-37-59-51(36-50(58)38-16-4-3-5-17-38)49-31-28-39-18-6-7-19-42(39)60(49)64-59)41-30-33-48-46-23-11-15-27-55(46)62(57(48)35-41)53-25-13-9-21-44(53)45-22-10-14-26-54(45)62/h3-37H,1-2H3. The molecule has 1 spiro atoms. The smallest absolute Gasteiger partial charge is 0.143 e. The molecule has 2 heteroatoms. The average Bonchev–Trinajstić information content (AvgIpc) is 4.03. The second-order valence-electron chi connectivity index (χ2n) is 18.3. The highest BCUT2D eigenvalue weighted by molar-refractivity contribution is 6.17. The normalized spacial score (nSPS) is 14.3. The van der Waals surface area contributed by atoms with Gasteiger partial charge in [-0.1, -0.05) is 184 Å². The molecule has 0 unspecified atom stereocenters. The molecule has 0 saturated heterocycles. The zero-order valence-electron chi connectivity index (χ0n) is 35.6. The van der Waals surface area contributed by atoms with Crippen LogP contribution in [0.1, 0.15) is 47.2 Å². The highest BCUT2D eigenvalue weighted by atomic mass is 16.3. The number of nitrogens with zero attached hydrogens (tertiary/aromatic N) is 1. The van der Waals surface area contributed by atoms with E-state index in [0.717, 1.165) is 55.5 Å². The van der Waals surface area contributed by atoms with Crippen molar-refractivity contribution >= 4 is 49.8 Å². The largest absolute Gasteiger partial charge is 0.455 e. The molecule has 64 heavy (non-hydrogen) atoms. The molecular weight excluding hydrogens is 775 g/mol. The predicted molar refractivity (Wildman–Crippen MR) is 265 cm³/mol. The fourth-order valence-electron chi connectivity index (χ4n) is 12.1. The van der Waals surface area contributed by atoms with E-state index in [0.29, 0.717) is 0 Å². The summed E-state index contributed by atoms with van der Waals surface area (Å²) in [7, 11) is 0. The Balaban J connectivity index is 1.08. The van der Waals surface area contributed by atoms with Crippen LogP contribution in [0.2, 0.25) is 0 Å². The van der Waals surface area contributed by atoms with Crippen LogP contribution in [0.25, 0.3) is 77.2 Å². The second kappa shape index (κ2) is 12.8. The van der Waals surface area contributed by atoms with E-state index in [-0.39, 0.29) is 5.41 Å². The van der Waals surface area contributed by atoms with Crippen LogP contribution in [0, 0.1) is 0 Å². The Kier molecular flexibility index (Phi) is 7.13. The number of furan rings is 1.